The van der Waals surface area contributed by atoms with Crippen molar-refractivity contribution in [2.24, 2.45) is 0 Å². The van der Waals surface area contributed by atoms with Gasteiger partial charge in [-0.1, -0.05) is 11.4 Å². The van der Waals surface area contributed by atoms with Crippen LogP contribution in [0.4, 0.5) is 0 Å². The average molecular weight is 214 g/mol. The molecule has 0 atom stereocenters. The van der Waals surface area contributed by atoms with E-state index in [-0.39, 0.29) is 0 Å². The van der Waals surface area contributed by atoms with E-state index in [9.17, 15) is 0 Å². The van der Waals surface area contributed by atoms with Crippen molar-refractivity contribution in [3.63, 3.8) is 0 Å². The van der Waals surface area contributed by atoms with Crippen LogP contribution in [0.15, 0.2) is 5.38 Å². The van der Waals surface area contributed by atoms with E-state index in [0.717, 1.165) is 38.3 Å². The second kappa shape index (κ2) is 7.84. The highest BCUT2D eigenvalue weighted by molar-refractivity contribution is 7.03. The number of aromatic nitrogens is 2. The minimum atomic E-state index is 0.838. The van der Waals surface area contributed by atoms with Crippen LogP contribution in [0.5, 0.6) is 0 Å². The Morgan fingerprint density at radius 2 is 2.14 bits per heavy atom. The van der Waals surface area contributed by atoms with Crippen molar-refractivity contribution in [3.8, 4) is 0 Å². The van der Waals surface area contributed by atoms with Crippen LogP contribution in [0, 0.1) is 0 Å². The first-order chi connectivity index (χ1) is 6.93. The Labute approximate surface area is 89.3 Å². The van der Waals surface area contributed by atoms with Gasteiger partial charge in [0.25, 0.3) is 0 Å². The smallest absolute Gasteiger partial charge is 0.0893 e. The van der Waals surface area contributed by atoms with Crippen LogP contribution in [0.2, 0.25) is 0 Å². The van der Waals surface area contributed by atoms with Gasteiger partial charge in [0.15, 0.2) is 0 Å². The van der Waals surface area contributed by atoms with Gasteiger partial charge in [-0.2, -0.15) is 0 Å². The third-order valence-electron chi connectivity index (χ3n) is 1.85. The van der Waals surface area contributed by atoms with E-state index in [1.807, 2.05) is 5.38 Å². The number of nitrogens with zero attached hydrogens (tertiary/aromatic N) is 2. The molecule has 0 spiro atoms. The molecule has 0 aliphatic heterocycles. The Morgan fingerprint density at radius 3 is 2.86 bits per heavy atom. The standard InChI is InChI=1S/C9H18N4S/c1-2-4-10-5-3-6-11-7-9-8-14-13-12-9/h8,10-11H,2-7H2,1H3. The van der Waals surface area contributed by atoms with Gasteiger partial charge in [0.1, 0.15) is 0 Å². The highest BCUT2D eigenvalue weighted by atomic mass is 32.1. The zero-order chi connectivity index (χ0) is 10.1. The predicted octanol–water partition coefficient (Wildman–Crippen LogP) is 1.02. The molecule has 0 unspecified atom stereocenters. The Hall–Kier alpha value is -0.520. The summed E-state index contributed by atoms with van der Waals surface area (Å²) in [6.07, 6.45) is 2.37. The van der Waals surface area contributed by atoms with E-state index in [1.54, 1.807) is 0 Å². The monoisotopic (exact) mass is 214 g/mol. The Morgan fingerprint density at radius 1 is 1.29 bits per heavy atom. The van der Waals surface area contributed by atoms with E-state index < -0.39 is 0 Å². The lowest BCUT2D eigenvalue weighted by molar-refractivity contribution is 0.588. The largest absolute Gasteiger partial charge is 0.317 e. The molecule has 0 fully saturated rings. The van der Waals surface area contributed by atoms with E-state index in [0.29, 0.717) is 0 Å². The maximum Gasteiger partial charge on any atom is 0.0893 e. The van der Waals surface area contributed by atoms with E-state index >= 15 is 0 Å². The van der Waals surface area contributed by atoms with E-state index in [2.05, 4.69) is 27.1 Å². The molecule has 2 N–H and O–H groups in total. The van der Waals surface area contributed by atoms with Crippen molar-refractivity contribution in [2.75, 3.05) is 19.6 Å². The molecule has 0 amide bonds. The van der Waals surface area contributed by atoms with Crippen LogP contribution in [-0.4, -0.2) is 29.2 Å². The average Bonchev–Trinajstić information content (AvgIpc) is 2.69. The fourth-order valence-corrected chi connectivity index (χ4v) is 1.57. The topological polar surface area (TPSA) is 49.8 Å². The number of hydrogen-bond donors (Lipinski definition) is 2. The third kappa shape index (κ3) is 5.26. The highest BCUT2D eigenvalue weighted by Gasteiger charge is 1.94. The van der Waals surface area contributed by atoms with Gasteiger partial charge in [0, 0.05) is 11.9 Å². The van der Waals surface area contributed by atoms with Gasteiger partial charge in [-0.05, 0) is 44.0 Å². The number of rotatable bonds is 8. The molecule has 1 rings (SSSR count). The molecule has 14 heavy (non-hydrogen) atoms. The SMILES string of the molecule is CCCNCCCNCc1csnn1. The molecule has 0 saturated carbocycles. The minimum absolute atomic E-state index is 0.838. The Bertz CT molecular complexity index is 213. The number of hydrogen-bond acceptors (Lipinski definition) is 5. The molecule has 5 heteroatoms. The maximum absolute atomic E-state index is 3.95. The summed E-state index contributed by atoms with van der Waals surface area (Å²) in [5, 5.41) is 12.6. The molecule has 4 nitrogen and oxygen atoms in total. The summed E-state index contributed by atoms with van der Waals surface area (Å²) in [6.45, 7) is 6.27. The second-order valence-corrected chi connectivity index (χ2v) is 3.79. The molecule has 1 aromatic rings. The molecule has 1 heterocycles. The molecule has 0 saturated heterocycles. The van der Waals surface area contributed by atoms with Crippen LogP contribution in [-0.2, 0) is 6.54 Å². The van der Waals surface area contributed by atoms with Crippen molar-refractivity contribution >= 4 is 11.5 Å². The molecule has 0 radical (unpaired) electrons. The zero-order valence-corrected chi connectivity index (χ0v) is 9.44. The lowest BCUT2D eigenvalue weighted by atomic mass is 10.4. The maximum atomic E-state index is 3.95. The molecule has 0 aromatic carbocycles. The Kier molecular flexibility index (Phi) is 6.47. The molecule has 0 aliphatic rings. The third-order valence-corrected chi connectivity index (χ3v) is 2.40. The lowest BCUT2D eigenvalue weighted by Gasteiger charge is -2.03. The van der Waals surface area contributed by atoms with Gasteiger partial charge in [-0.15, -0.1) is 5.10 Å². The summed E-state index contributed by atoms with van der Waals surface area (Å²) in [7, 11) is 0. The lowest BCUT2D eigenvalue weighted by Crippen LogP contribution is -2.22. The molecular weight excluding hydrogens is 196 g/mol. The first kappa shape index (κ1) is 11.6. The van der Waals surface area contributed by atoms with Crippen LogP contribution in [0.3, 0.4) is 0 Å². The van der Waals surface area contributed by atoms with Gasteiger partial charge >= 0.3 is 0 Å². The fourth-order valence-electron chi connectivity index (χ4n) is 1.12. The van der Waals surface area contributed by atoms with E-state index in [4.69, 9.17) is 0 Å². The van der Waals surface area contributed by atoms with Crippen molar-refractivity contribution in [3.05, 3.63) is 11.1 Å². The summed E-state index contributed by atoms with van der Waals surface area (Å²) in [5.41, 5.74) is 1.04. The van der Waals surface area contributed by atoms with E-state index in [1.165, 1.54) is 18.0 Å². The predicted molar refractivity (Wildman–Crippen MR) is 59.4 cm³/mol. The summed E-state index contributed by atoms with van der Waals surface area (Å²) < 4.78 is 3.80. The molecule has 0 bridgehead atoms. The number of nitrogens with one attached hydrogen (secondary N) is 2. The Balaban J connectivity index is 1.85. The zero-order valence-electron chi connectivity index (χ0n) is 8.62. The molecular formula is C9H18N4S. The summed E-state index contributed by atoms with van der Waals surface area (Å²) in [6, 6.07) is 0. The van der Waals surface area contributed by atoms with Gasteiger partial charge in [0.05, 0.1) is 5.69 Å². The van der Waals surface area contributed by atoms with Crippen molar-refractivity contribution < 1.29 is 0 Å². The molecule has 80 valence electrons. The van der Waals surface area contributed by atoms with Crippen molar-refractivity contribution in [1.29, 1.82) is 0 Å². The van der Waals surface area contributed by atoms with Crippen LogP contribution >= 0.6 is 11.5 Å². The fraction of sp³-hybridized carbons (Fsp3) is 0.778. The normalized spacial score (nSPS) is 10.6. The quantitative estimate of drug-likeness (QED) is 0.634. The summed E-state index contributed by atoms with van der Waals surface area (Å²) in [5.74, 6) is 0. The molecule has 0 aliphatic carbocycles. The van der Waals surface area contributed by atoms with Gasteiger partial charge in [-0.25, -0.2) is 0 Å². The molecule has 1 aromatic heterocycles. The van der Waals surface area contributed by atoms with Gasteiger partial charge in [-0.3, -0.25) is 0 Å². The van der Waals surface area contributed by atoms with Gasteiger partial charge < -0.3 is 10.6 Å². The van der Waals surface area contributed by atoms with Crippen molar-refractivity contribution in [2.45, 2.75) is 26.3 Å². The summed E-state index contributed by atoms with van der Waals surface area (Å²) >= 11 is 1.40. The highest BCUT2D eigenvalue weighted by Crippen LogP contribution is 1.95. The van der Waals surface area contributed by atoms with Crippen LogP contribution < -0.4 is 10.6 Å². The first-order valence-electron chi connectivity index (χ1n) is 5.11. The minimum Gasteiger partial charge on any atom is -0.317 e. The summed E-state index contributed by atoms with van der Waals surface area (Å²) in [4.78, 5) is 0. The van der Waals surface area contributed by atoms with Crippen LogP contribution in [0.1, 0.15) is 25.5 Å². The van der Waals surface area contributed by atoms with Crippen molar-refractivity contribution in [1.82, 2.24) is 20.2 Å². The second-order valence-electron chi connectivity index (χ2n) is 3.18. The first-order valence-corrected chi connectivity index (χ1v) is 5.94. The van der Waals surface area contributed by atoms with Crippen LogP contribution in [0.25, 0.3) is 0 Å². The van der Waals surface area contributed by atoms with Gasteiger partial charge in [0.2, 0.25) is 0 Å².